The molecule has 1 atom stereocenters. The van der Waals surface area contributed by atoms with Gasteiger partial charge in [-0.25, -0.2) is 4.99 Å². The van der Waals surface area contributed by atoms with Crippen LogP contribution in [-0.2, 0) is 22.4 Å². The van der Waals surface area contributed by atoms with Crippen LogP contribution in [0.15, 0.2) is 77.8 Å². The Morgan fingerprint density at radius 3 is 2.36 bits per heavy atom. The fraction of sp³-hybridized carbons (Fsp3) is 0.300. The number of amidine groups is 1. The third-order valence-corrected chi connectivity index (χ3v) is 7.54. The first-order valence-electron chi connectivity index (χ1n) is 12.7. The molecule has 1 aliphatic heterocycles. The number of thioether (sulfide) groups is 1. The average Bonchev–Trinajstić information content (AvgIpc) is 2.97. The summed E-state index contributed by atoms with van der Waals surface area (Å²) in [5, 5.41) is 2.94. The molecule has 1 N–H and O–H groups in total. The number of hydrogen-bond donors (Lipinski definition) is 1. The summed E-state index contributed by atoms with van der Waals surface area (Å²) in [4.78, 5) is 32.8. The lowest BCUT2D eigenvalue weighted by molar-refractivity contribution is -0.130. The number of benzene rings is 3. The van der Waals surface area contributed by atoms with E-state index in [0.29, 0.717) is 47.6 Å². The number of nitrogens with one attached hydrogen (secondary N) is 1. The van der Waals surface area contributed by atoms with Crippen molar-refractivity contribution in [3.63, 3.8) is 0 Å². The summed E-state index contributed by atoms with van der Waals surface area (Å²) in [6, 6.07) is 23.0. The molecule has 2 amide bonds. The number of aliphatic imine (C=N–C) groups is 1. The number of amides is 2. The van der Waals surface area contributed by atoms with Gasteiger partial charge in [-0.1, -0.05) is 48.2 Å². The quantitative estimate of drug-likeness (QED) is 0.376. The molecule has 8 nitrogen and oxygen atoms in total. The topological polar surface area (TPSA) is 89.5 Å². The lowest BCUT2D eigenvalue weighted by Gasteiger charge is -2.32. The summed E-state index contributed by atoms with van der Waals surface area (Å²) in [5.74, 6) is 1.70. The van der Waals surface area contributed by atoms with Gasteiger partial charge in [-0.3, -0.25) is 14.5 Å². The lowest BCUT2D eigenvalue weighted by Crippen LogP contribution is -2.47. The highest BCUT2D eigenvalue weighted by molar-refractivity contribution is 8.15. The molecule has 1 fully saturated rings. The van der Waals surface area contributed by atoms with Crippen molar-refractivity contribution in [1.82, 2.24) is 10.2 Å². The third-order valence-electron chi connectivity index (χ3n) is 6.36. The fourth-order valence-corrected chi connectivity index (χ4v) is 5.34. The Labute approximate surface area is 233 Å². The van der Waals surface area contributed by atoms with Gasteiger partial charge in [0.25, 0.3) is 0 Å². The molecule has 1 heterocycles. The Bertz CT molecular complexity index is 1300. The van der Waals surface area contributed by atoms with Gasteiger partial charge in [0.2, 0.25) is 11.8 Å². The highest BCUT2D eigenvalue weighted by Crippen LogP contribution is 2.31. The Kier molecular flexibility index (Phi) is 9.85. The molecule has 3 aromatic carbocycles. The van der Waals surface area contributed by atoms with Gasteiger partial charge < -0.3 is 19.5 Å². The minimum Gasteiger partial charge on any atom is -0.497 e. The highest BCUT2D eigenvalue weighted by Gasteiger charge is 2.35. The van der Waals surface area contributed by atoms with Crippen LogP contribution in [0.2, 0.25) is 0 Å². The van der Waals surface area contributed by atoms with Gasteiger partial charge in [-0.2, -0.15) is 0 Å². The molecule has 4 rings (SSSR count). The van der Waals surface area contributed by atoms with E-state index in [4.69, 9.17) is 19.2 Å². The van der Waals surface area contributed by atoms with Crippen molar-refractivity contribution >= 4 is 34.4 Å². The predicted octanol–water partition coefficient (Wildman–Crippen LogP) is 4.64. The van der Waals surface area contributed by atoms with Gasteiger partial charge in [0.15, 0.2) is 16.7 Å². The van der Waals surface area contributed by atoms with Gasteiger partial charge in [-0.05, 0) is 60.4 Å². The second-order valence-electron chi connectivity index (χ2n) is 8.91. The number of hydrogen-bond acceptors (Lipinski definition) is 7. The molecule has 0 aliphatic carbocycles. The summed E-state index contributed by atoms with van der Waals surface area (Å²) in [5.41, 5.74) is 2.82. The largest absolute Gasteiger partial charge is 0.497 e. The monoisotopic (exact) mass is 547 g/mol. The van der Waals surface area contributed by atoms with E-state index in [1.165, 1.54) is 11.8 Å². The lowest BCUT2D eigenvalue weighted by atomic mass is 10.1. The zero-order valence-corrected chi connectivity index (χ0v) is 23.2. The molecular weight excluding hydrogens is 514 g/mol. The van der Waals surface area contributed by atoms with Crippen molar-refractivity contribution in [3.8, 4) is 17.2 Å². The fourth-order valence-electron chi connectivity index (χ4n) is 4.19. The van der Waals surface area contributed by atoms with Crippen molar-refractivity contribution in [3.05, 3.63) is 83.9 Å². The number of nitrogens with zero attached hydrogens (tertiary/aromatic N) is 2. The summed E-state index contributed by atoms with van der Waals surface area (Å²) in [7, 11) is 4.79. The second-order valence-corrected chi connectivity index (χ2v) is 10.1. The van der Waals surface area contributed by atoms with Crippen LogP contribution >= 0.6 is 11.8 Å². The minimum absolute atomic E-state index is 0.107. The molecule has 39 heavy (non-hydrogen) atoms. The van der Waals surface area contributed by atoms with Crippen LogP contribution in [0.3, 0.4) is 0 Å². The molecule has 0 unspecified atom stereocenters. The van der Waals surface area contributed by atoms with Gasteiger partial charge in [-0.15, -0.1) is 0 Å². The first-order chi connectivity index (χ1) is 19.0. The van der Waals surface area contributed by atoms with E-state index in [-0.39, 0.29) is 18.2 Å². The number of carbonyl (C=O) groups is 2. The molecule has 0 bridgehead atoms. The maximum Gasteiger partial charge on any atom is 0.234 e. The molecule has 204 valence electrons. The Morgan fingerprint density at radius 1 is 0.923 bits per heavy atom. The molecule has 0 spiro atoms. The zero-order valence-electron chi connectivity index (χ0n) is 22.4. The van der Waals surface area contributed by atoms with Gasteiger partial charge in [0.05, 0.1) is 32.3 Å². The molecule has 3 aromatic rings. The first-order valence-corrected chi connectivity index (χ1v) is 13.6. The average molecular weight is 548 g/mol. The number of methoxy groups -OCH3 is 3. The van der Waals surface area contributed by atoms with Crippen molar-refractivity contribution in [2.75, 3.05) is 34.4 Å². The SMILES string of the molecule is COc1ccc(N=C2S[C@@H](C(=O)NCCc3ccccc3)CC(=O)N2CCc2ccc(OC)c(OC)c2)cc1. The van der Waals surface area contributed by atoms with Gasteiger partial charge >= 0.3 is 0 Å². The van der Waals surface area contributed by atoms with Crippen LogP contribution in [0.25, 0.3) is 0 Å². The van der Waals surface area contributed by atoms with Gasteiger partial charge in [0, 0.05) is 19.5 Å². The highest BCUT2D eigenvalue weighted by atomic mass is 32.2. The molecule has 1 saturated heterocycles. The molecule has 9 heteroatoms. The van der Waals surface area contributed by atoms with E-state index in [1.54, 1.807) is 26.2 Å². The molecule has 0 aromatic heterocycles. The minimum atomic E-state index is -0.553. The van der Waals surface area contributed by atoms with Gasteiger partial charge in [0.1, 0.15) is 5.75 Å². The normalized spacial score (nSPS) is 16.2. The van der Waals surface area contributed by atoms with Crippen LogP contribution in [0.4, 0.5) is 5.69 Å². The van der Waals surface area contributed by atoms with Crippen LogP contribution in [0.1, 0.15) is 17.5 Å². The van der Waals surface area contributed by atoms with Crippen molar-refractivity contribution < 1.29 is 23.8 Å². The summed E-state index contributed by atoms with van der Waals surface area (Å²) in [6.07, 6.45) is 1.42. The molecule has 0 saturated carbocycles. The van der Waals surface area contributed by atoms with Crippen LogP contribution in [-0.4, -0.2) is 61.6 Å². The van der Waals surface area contributed by atoms with E-state index in [0.717, 1.165) is 17.5 Å². The zero-order chi connectivity index (χ0) is 27.6. The second kappa shape index (κ2) is 13.7. The van der Waals surface area contributed by atoms with Crippen molar-refractivity contribution in [2.45, 2.75) is 24.5 Å². The molecular formula is C30H33N3O5S. The van der Waals surface area contributed by atoms with E-state index in [1.807, 2.05) is 72.8 Å². The number of carbonyl (C=O) groups excluding carboxylic acids is 2. The van der Waals surface area contributed by atoms with E-state index < -0.39 is 5.25 Å². The predicted molar refractivity (Wildman–Crippen MR) is 154 cm³/mol. The van der Waals surface area contributed by atoms with E-state index in [2.05, 4.69) is 5.32 Å². The van der Waals surface area contributed by atoms with Crippen LogP contribution in [0, 0.1) is 0 Å². The Hall–Kier alpha value is -3.98. The summed E-state index contributed by atoms with van der Waals surface area (Å²) in [6.45, 7) is 0.917. The Morgan fingerprint density at radius 2 is 1.67 bits per heavy atom. The maximum atomic E-state index is 13.3. The van der Waals surface area contributed by atoms with E-state index >= 15 is 0 Å². The smallest absolute Gasteiger partial charge is 0.234 e. The van der Waals surface area contributed by atoms with Crippen LogP contribution in [0.5, 0.6) is 17.2 Å². The third kappa shape index (κ3) is 7.54. The number of rotatable bonds is 11. The number of ether oxygens (including phenoxy) is 3. The summed E-state index contributed by atoms with van der Waals surface area (Å²) >= 11 is 1.32. The first kappa shape index (κ1) is 28.0. The van der Waals surface area contributed by atoms with Crippen molar-refractivity contribution in [1.29, 1.82) is 0 Å². The van der Waals surface area contributed by atoms with Crippen molar-refractivity contribution in [2.24, 2.45) is 4.99 Å². The molecule has 0 radical (unpaired) electrons. The molecule has 1 aliphatic rings. The standard InChI is InChI=1S/C30H33N3O5S/c1-36-24-12-10-23(11-13-24)32-30-33(18-16-22-9-14-25(37-2)26(19-22)38-3)28(34)20-27(39-30)29(35)31-17-15-21-7-5-4-6-8-21/h4-14,19,27H,15-18,20H2,1-3H3,(H,31,35)/t27-/m1/s1. The van der Waals surface area contributed by atoms with E-state index in [9.17, 15) is 9.59 Å². The Balaban J connectivity index is 1.49. The maximum absolute atomic E-state index is 13.3. The summed E-state index contributed by atoms with van der Waals surface area (Å²) < 4.78 is 16.0. The van der Waals surface area contributed by atoms with Crippen LogP contribution < -0.4 is 19.5 Å².